The van der Waals surface area contributed by atoms with Gasteiger partial charge in [0.25, 0.3) is 5.91 Å². The van der Waals surface area contributed by atoms with Gasteiger partial charge in [0.1, 0.15) is 5.78 Å². The highest BCUT2D eigenvalue weighted by molar-refractivity contribution is 5.89. The molecule has 0 heterocycles. The molecule has 1 aromatic carbocycles. The van der Waals surface area contributed by atoms with Crippen LogP contribution in [0.1, 0.15) is 12.0 Å². The van der Waals surface area contributed by atoms with Crippen LogP contribution in [0.4, 0.5) is 0 Å². The van der Waals surface area contributed by atoms with Crippen LogP contribution < -0.4 is 5.48 Å². The van der Waals surface area contributed by atoms with Crippen LogP contribution in [-0.2, 0) is 16.0 Å². The molecule has 0 aliphatic carbocycles. The SMILES string of the molecule is O=N[C@@H](CC(=O)Cc1ccccc1)C(=O)NO. The zero-order chi connectivity index (χ0) is 12.7. The summed E-state index contributed by atoms with van der Waals surface area (Å²) in [5.74, 6) is -1.26. The summed E-state index contributed by atoms with van der Waals surface area (Å²) < 4.78 is 0. The number of nitroso groups, excluding NO2 is 1. The highest BCUT2D eigenvalue weighted by atomic mass is 16.5. The summed E-state index contributed by atoms with van der Waals surface area (Å²) in [5, 5.41) is 10.8. The lowest BCUT2D eigenvalue weighted by Crippen LogP contribution is -2.32. The van der Waals surface area contributed by atoms with Gasteiger partial charge in [0.2, 0.25) is 0 Å². The fraction of sp³-hybridized carbons (Fsp3) is 0.273. The van der Waals surface area contributed by atoms with Crippen LogP contribution in [0.3, 0.4) is 0 Å². The Kier molecular flexibility index (Phi) is 4.96. The molecule has 0 aliphatic rings. The van der Waals surface area contributed by atoms with E-state index in [0.29, 0.717) is 0 Å². The van der Waals surface area contributed by atoms with E-state index in [1.807, 2.05) is 6.07 Å². The molecular formula is C11H12N2O4. The average Bonchev–Trinajstić information content (AvgIpc) is 2.36. The summed E-state index contributed by atoms with van der Waals surface area (Å²) in [5.41, 5.74) is 2.10. The van der Waals surface area contributed by atoms with E-state index in [0.717, 1.165) is 5.56 Å². The van der Waals surface area contributed by atoms with Crippen molar-refractivity contribution in [3.8, 4) is 0 Å². The van der Waals surface area contributed by atoms with Gasteiger partial charge in [0.15, 0.2) is 6.04 Å². The van der Waals surface area contributed by atoms with Gasteiger partial charge in [-0.3, -0.25) is 14.8 Å². The quantitative estimate of drug-likeness (QED) is 0.434. The van der Waals surface area contributed by atoms with E-state index in [4.69, 9.17) is 5.21 Å². The molecular weight excluding hydrogens is 224 g/mol. The second-order valence-corrected chi connectivity index (χ2v) is 3.50. The Bertz CT molecular complexity index is 405. The summed E-state index contributed by atoms with van der Waals surface area (Å²) in [4.78, 5) is 32.8. The van der Waals surface area contributed by atoms with Gasteiger partial charge < -0.3 is 0 Å². The number of carbonyl (C=O) groups excluding carboxylic acids is 2. The summed E-state index contributed by atoms with van der Waals surface area (Å²) in [6.07, 6.45) is -0.184. The topological polar surface area (TPSA) is 95.8 Å². The first-order valence-corrected chi connectivity index (χ1v) is 4.99. The number of benzene rings is 1. The van der Waals surface area contributed by atoms with Crippen molar-refractivity contribution >= 4 is 11.7 Å². The molecule has 1 rings (SSSR count). The van der Waals surface area contributed by atoms with Crippen molar-refractivity contribution in [3.05, 3.63) is 40.8 Å². The van der Waals surface area contributed by atoms with Gasteiger partial charge in [0, 0.05) is 12.8 Å². The third-order valence-corrected chi connectivity index (χ3v) is 2.21. The van der Waals surface area contributed by atoms with E-state index in [2.05, 4.69) is 5.18 Å². The zero-order valence-electron chi connectivity index (χ0n) is 9.00. The Labute approximate surface area is 97.6 Å². The van der Waals surface area contributed by atoms with Crippen LogP contribution in [-0.4, -0.2) is 22.9 Å². The third kappa shape index (κ3) is 4.12. The van der Waals surface area contributed by atoms with Gasteiger partial charge in [-0.1, -0.05) is 35.5 Å². The lowest BCUT2D eigenvalue weighted by molar-refractivity contribution is -0.132. The Balaban J connectivity index is 2.54. The smallest absolute Gasteiger partial charge is 0.272 e. The summed E-state index contributed by atoms with van der Waals surface area (Å²) in [6.45, 7) is 0. The van der Waals surface area contributed by atoms with Crippen LogP contribution in [0.25, 0.3) is 0 Å². The highest BCUT2D eigenvalue weighted by Crippen LogP contribution is 2.05. The molecule has 0 aliphatic heterocycles. The molecule has 1 aromatic rings. The number of amides is 1. The van der Waals surface area contributed by atoms with Crippen molar-refractivity contribution in [2.75, 3.05) is 0 Å². The van der Waals surface area contributed by atoms with Crippen LogP contribution in [0.2, 0.25) is 0 Å². The molecule has 1 amide bonds. The molecule has 1 atom stereocenters. The van der Waals surface area contributed by atoms with Crippen LogP contribution >= 0.6 is 0 Å². The number of carbonyl (C=O) groups is 2. The third-order valence-electron chi connectivity index (χ3n) is 2.21. The fourth-order valence-electron chi connectivity index (χ4n) is 1.36. The van der Waals surface area contributed by atoms with Gasteiger partial charge >= 0.3 is 0 Å². The van der Waals surface area contributed by atoms with E-state index in [9.17, 15) is 14.5 Å². The molecule has 6 heteroatoms. The normalized spacial score (nSPS) is 11.6. The predicted molar refractivity (Wildman–Crippen MR) is 59.3 cm³/mol. The minimum absolute atomic E-state index is 0.131. The van der Waals surface area contributed by atoms with E-state index in [-0.39, 0.29) is 18.6 Å². The molecule has 0 fully saturated rings. The van der Waals surface area contributed by atoms with Crippen molar-refractivity contribution in [1.82, 2.24) is 5.48 Å². The molecule has 17 heavy (non-hydrogen) atoms. The maximum atomic E-state index is 11.5. The maximum absolute atomic E-state index is 11.5. The van der Waals surface area contributed by atoms with Crippen molar-refractivity contribution in [2.24, 2.45) is 5.18 Å². The first-order chi connectivity index (χ1) is 8.17. The standard InChI is InChI=1S/C11H12N2O4/c14-9(6-8-4-2-1-3-5-8)7-10(12-16)11(15)13-17/h1-5,10,17H,6-7H2,(H,13,15)/t10-/m0/s1. The van der Waals surface area contributed by atoms with Crippen molar-refractivity contribution in [2.45, 2.75) is 18.9 Å². The van der Waals surface area contributed by atoms with Crippen LogP contribution in [0, 0.1) is 4.91 Å². The predicted octanol–water partition coefficient (Wildman–Crippen LogP) is 0.829. The zero-order valence-corrected chi connectivity index (χ0v) is 9.00. The Morgan fingerprint density at radius 1 is 1.29 bits per heavy atom. The van der Waals surface area contributed by atoms with Gasteiger partial charge in [-0.25, -0.2) is 5.48 Å². The van der Waals surface area contributed by atoms with Crippen molar-refractivity contribution in [3.63, 3.8) is 0 Å². The highest BCUT2D eigenvalue weighted by Gasteiger charge is 2.22. The van der Waals surface area contributed by atoms with E-state index >= 15 is 0 Å². The number of hydrogen-bond donors (Lipinski definition) is 2. The Morgan fingerprint density at radius 2 is 1.94 bits per heavy atom. The fourth-order valence-corrected chi connectivity index (χ4v) is 1.36. The number of nitrogens with one attached hydrogen (secondary N) is 1. The van der Waals surface area contributed by atoms with E-state index in [1.165, 1.54) is 5.48 Å². The molecule has 0 aromatic heterocycles. The Morgan fingerprint density at radius 3 is 2.47 bits per heavy atom. The molecule has 6 nitrogen and oxygen atoms in total. The van der Waals surface area contributed by atoms with Crippen molar-refractivity contribution < 1.29 is 14.8 Å². The van der Waals surface area contributed by atoms with E-state index in [1.54, 1.807) is 24.3 Å². The van der Waals surface area contributed by atoms with Gasteiger partial charge in [-0.2, -0.15) is 0 Å². The molecule has 0 spiro atoms. The molecule has 0 saturated heterocycles. The molecule has 0 radical (unpaired) electrons. The maximum Gasteiger partial charge on any atom is 0.272 e. The molecule has 90 valence electrons. The first-order valence-electron chi connectivity index (χ1n) is 4.99. The molecule has 2 N–H and O–H groups in total. The number of hydroxylamine groups is 1. The van der Waals surface area contributed by atoms with E-state index < -0.39 is 11.9 Å². The number of ketones is 1. The summed E-state index contributed by atoms with van der Waals surface area (Å²) in [6, 6.07) is 7.57. The first kappa shape index (κ1) is 13.0. The largest absolute Gasteiger partial charge is 0.299 e. The second-order valence-electron chi connectivity index (χ2n) is 3.50. The lowest BCUT2D eigenvalue weighted by atomic mass is 10.0. The molecule has 0 unspecified atom stereocenters. The van der Waals surface area contributed by atoms with Gasteiger partial charge in [-0.05, 0) is 5.56 Å². The number of Topliss-reactive ketones (excluding diaryl/α,β-unsaturated/α-hetero) is 1. The Hall–Kier alpha value is -2.08. The number of hydrogen-bond acceptors (Lipinski definition) is 5. The number of nitrogens with zero attached hydrogens (tertiary/aromatic N) is 1. The van der Waals surface area contributed by atoms with Gasteiger partial charge in [0.05, 0.1) is 0 Å². The van der Waals surface area contributed by atoms with Crippen LogP contribution in [0.5, 0.6) is 0 Å². The van der Waals surface area contributed by atoms with Gasteiger partial charge in [-0.15, -0.1) is 4.91 Å². The minimum atomic E-state index is -1.38. The lowest BCUT2D eigenvalue weighted by Gasteiger charge is -2.05. The number of rotatable bonds is 6. The summed E-state index contributed by atoms with van der Waals surface area (Å²) >= 11 is 0. The average molecular weight is 236 g/mol. The minimum Gasteiger partial charge on any atom is -0.299 e. The monoisotopic (exact) mass is 236 g/mol. The molecule has 0 saturated carbocycles. The second kappa shape index (κ2) is 6.49. The van der Waals surface area contributed by atoms with Crippen molar-refractivity contribution in [1.29, 1.82) is 0 Å². The molecule has 0 bridgehead atoms. The van der Waals surface area contributed by atoms with Crippen LogP contribution in [0.15, 0.2) is 35.5 Å². The summed E-state index contributed by atoms with van der Waals surface area (Å²) in [7, 11) is 0.